The number of anilines is 2. The zero-order valence-corrected chi connectivity index (χ0v) is 35.6. The molecule has 6 N–H and O–H groups in total. The van der Waals surface area contributed by atoms with Crippen molar-refractivity contribution in [3.05, 3.63) is 129 Å². The smallest absolute Gasteiger partial charge is 0.434 e. The lowest BCUT2D eigenvalue weighted by molar-refractivity contribution is -0.151. The van der Waals surface area contributed by atoms with E-state index in [1.165, 1.54) is 17.0 Å². The molecule has 64 heavy (non-hydrogen) atoms. The summed E-state index contributed by atoms with van der Waals surface area (Å²) in [6.07, 6.45) is -0.138. The lowest BCUT2D eigenvalue weighted by Gasteiger charge is -2.36. The van der Waals surface area contributed by atoms with Crippen molar-refractivity contribution in [2.24, 2.45) is 0 Å². The molecule has 0 spiro atoms. The quantitative estimate of drug-likeness (QED) is 0.101. The third-order valence-electron chi connectivity index (χ3n) is 10.5. The molecule has 0 radical (unpaired) electrons. The Labute approximate surface area is 376 Å². The van der Waals surface area contributed by atoms with Gasteiger partial charge in [0.05, 0.1) is 32.5 Å². The molecular formula is C43H44Cl2N8O11. The highest BCUT2D eigenvalue weighted by Crippen LogP contribution is 2.31. The average molecular weight is 920 g/mol. The normalized spacial score (nSPS) is 18.3. The Morgan fingerprint density at radius 3 is 1.50 bits per heavy atom. The minimum absolute atomic E-state index is 0.000351. The maximum absolute atomic E-state index is 12.6. The third-order valence-corrected chi connectivity index (χ3v) is 11.3. The minimum Gasteiger partial charge on any atom is -0.478 e. The maximum Gasteiger partial charge on any atom is 0.434 e. The summed E-state index contributed by atoms with van der Waals surface area (Å²) >= 11 is 12.3. The number of nitrogens with zero attached hydrogens (tertiary/aromatic N) is 5. The minimum atomic E-state index is -1.12. The predicted octanol–water partition coefficient (Wildman–Crippen LogP) is 4.36. The number of nitrogens with one attached hydrogen (secondary N) is 3. The van der Waals surface area contributed by atoms with Crippen LogP contribution in [0, 0.1) is 0 Å². The van der Waals surface area contributed by atoms with Crippen LogP contribution < -0.4 is 25.8 Å². The largest absolute Gasteiger partial charge is 0.478 e. The lowest BCUT2D eigenvalue weighted by Crippen LogP contribution is -2.50. The first-order valence-electron chi connectivity index (χ1n) is 20.0. The van der Waals surface area contributed by atoms with E-state index in [-0.39, 0.29) is 40.7 Å². The molecule has 4 fully saturated rings. The van der Waals surface area contributed by atoms with Crippen LogP contribution in [0.25, 0.3) is 0 Å². The molecule has 4 heterocycles. The van der Waals surface area contributed by atoms with Crippen molar-refractivity contribution >= 4 is 76.5 Å². The number of imide groups is 2. The van der Waals surface area contributed by atoms with E-state index in [9.17, 15) is 38.7 Å². The molecule has 0 aliphatic carbocycles. The Hall–Kier alpha value is -6.93. The first kappa shape index (κ1) is 46.6. The number of carboxylic acid groups (broad SMARTS) is 2. The van der Waals surface area contributed by atoms with E-state index >= 15 is 0 Å². The molecule has 0 unspecified atom stereocenters. The second-order valence-electron chi connectivity index (χ2n) is 14.6. The number of piperazine rings is 2. The third kappa shape index (κ3) is 11.4. The Morgan fingerprint density at radius 2 is 1.05 bits per heavy atom. The second-order valence-corrected chi connectivity index (χ2v) is 15.4. The van der Waals surface area contributed by atoms with Crippen LogP contribution in [0.1, 0.15) is 31.8 Å². The second kappa shape index (κ2) is 21.4. The fraction of sp³-hybridized carbons (Fsp3) is 0.279. The highest BCUT2D eigenvalue weighted by atomic mass is 35.5. The van der Waals surface area contributed by atoms with Crippen LogP contribution in [-0.2, 0) is 27.3 Å². The highest BCUT2D eigenvalue weighted by molar-refractivity contribution is 6.36. The van der Waals surface area contributed by atoms with Gasteiger partial charge in [-0.2, -0.15) is 0 Å². The van der Waals surface area contributed by atoms with Crippen molar-refractivity contribution in [1.82, 2.24) is 31.0 Å². The van der Waals surface area contributed by atoms with Crippen LogP contribution in [-0.4, -0.2) is 137 Å². The number of hydrogen-bond donors (Lipinski definition) is 6. The molecule has 4 saturated heterocycles. The molecule has 0 aromatic heterocycles. The number of carboxylic acids is 2. The Bertz CT molecular complexity index is 2360. The van der Waals surface area contributed by atoms with Crippen molar-refractivity contribution in [2.45, 2.75) is 24.9 Å². The van der Waals surface area contributed by atoms with Crippen LogP contribution in [0.2, 0.25) is 10.0 Å². The molecule has 0 saturated carbocycles. The molecule has 7 amide bonds. The number of aromatic carboxylic acids is 2. The summed E-state index contributed by atoms with van der Waals surface area (Å²) in [5.41, 5.74) is 3.33. The van der Waals surface area contributed by atoms with Crippen LogP contribution in [0.5, 0.6) is 0 Å². The van der Waals surface area contributed by atoms with Gasteiger partial charge in [0.25, 0.3) is 11.8 Å². The number of rotatable bonds is 9. The number of carbonyl (C=O) groups excluding carboxylic acids is 5. The molecule has 4 aliphatic heterocycles. The molecule has 336 valence electrons. The fourth-order valence-corrected chi connectivity index (χ4v) is 7.78. The summed E-state index contributed by atoms with van der Waals surface area (Å²) in [4.78, 5) is 92.3. The van der Waals surface area contributed by atoms with E-state index in [4.69, 9.17) is 38.4 Å². The number of hydroxylamine groups is 4. The van der Waals surface area contributed by atoms with Gasteiger partial charge in [-0.3, -0.25) is 14.8 Å². The van der Waals surface area contributed by atoms with E-state index in [0.717, 1.165) is 43.0 Å². The molecule has 4 aromatic rings. The summed E-state index contributed by atoms with van der Waals surface area (Å²) in [6, 6.07) is 25.3. The van der Waals surface area contributed by atoms with Gasteiger partial charge in [-0.1, -0.05) is 101 Å². The Morgan fingerprint density at radius 1 is 0.594 bits per heavy atom. The average Bonchev–Trinajstić information content (AvgIpc) is 3.70. The van der Waals surface area contributed by atoms with Crippen molar-refractivity contribution in [3.8, 4) is 0 Å². The molecule has 4 aromatic carbocycles. The molecule has 21 heteroatoms. The number of amides is 7. The van der Waals surface area contributed by atoms with Gasteiger partial charge in [0, 0.05) is 65.2 Å². The number of benzene rings is 4. The van der Waals surface area contributed by atoms with Gasteiger partial charge in [-0.15, -0.1) is 5.06 Å². The number of carbonyl (C=O) groups is 7. The first-order valence-corrected chi connectivity index (χ1v) is 20.8. The summed E-state index contributed by atoms with van der Waals surface area (Å²) in [5.74, 6) is -3.35. The maximum atomic E-state index is 12.6. The SMILES string of the molecule is O=C(O)c1cccc(N2CCN(C(=O)ON3C(=O)N[C@@H](Cc4ccccc4)C3=O)CC2)c1Cl.O=C(O)c1cccc(N2CCNCC2)c1Cl.O=C1N[C@@H](Cc2ccccc2)C(=O)N1O. The molecule has 2 atom stereocenters. The van der Waals surface area contributed by atoms with E-state index < -0.39 is 54.0 Å². The van der Waals surface area contributed by atoms with Crippen molar-refractivity contribution in [2.75, 3.05) is 62.2 Å². The van der Waals surface area contributed by atoms with E-state index in [0.29, 0.717) is 35.3 Å². The van der Waals surface area contributed by atoms with Gasteiger partial charge in [-0.25, -0.2) is 24.0 Å². The van der Waals surface area contributed by atoms with Crippen LogP contribution in [0.3, 0.4) is 0 Å². The van der Waals surface area contributed by atoms with Crippen molar-refractivity contribution in [1.29, 1.82) is 0 Å². The highest BCUT2D eigenvalue weighted by Gasteiger charge is 2.42. The summed E-state index contributed by atoms with van der Waals surface area (Å²) in [6.45, 7) is 4.71. The molecular weight excluding hydrogens is 875 g/mol. The summed E-state index contributed by atoms with van der Waals surface area (Å²) in [5, 5.41) is 36.4. The Kier molecular flexibility index (Phi) is 15.6. The van der Waals surface area contributed by atoms with Crippen molar-refractivity contribution in [3.63, 3.8) is 0 Å². The van der Waals surface area contributed by atoms with Gasteiger partial charge >= 0.3 is 30.1 Å². The zero-order valence-electron chi connectivity index (χ0n) is 34.1. The van der Waals surface area contributed by atoms with E-state index in [1.807, 2.05) is 71.6 Å². The molecule has 4 aliphatic rings. The van der Waals surface area contributed by atoms with Gasteiger partial charge < -0.3 is 45.7 Å². The van der Waals surface area contributed by atoms with Gasteiger partial charge in [-0.05, 0) is 35.4 Å². The topological polar surface area (TPSA) is 242 Å². The molecule has 8 rings (SSSR count). The van der Waals surface area contributed by atoms with Gasteiger partial charge in [0.15, 0.2) is 0 Å². The number of halogens is 2. The lowest BCUT2D eigenvalue weighted by atomic mass is 10.1. The van der Waals surface area contributed by atoms with Crippen LogP contribution in [0.15, 0.2) is 97.1 Å². The molecule has 0 bridgehead atoms. The van der Waals surface area contributed by atoms with Crippen LogP contribution >= 0.6 is 23.2 Å². The first-order chi connectivity index (χ1) is 30.7. The van der Waals surface area contributed by atoms with Crippen LogP contribution in [0.4, 0.5) is 25.8 Å². The van der Waals surface area contributed by atoms with E-state index in [1.54, 1.807) is 18.2 Å². The monoisotopic (exact) mass is 918 g/mol. The predicted molar refractivity (Wildman–Crippen MR) is 233 cm³/mol. The van der Waals surface area contributed by atoms with E-state index in [2.05, 4.69) is 20.9 Å². The van der Waals surface area contributed by atoms with Gasteiger partial charge in [0.1, 0.15) is 12.1 Å². The fourth-order valence-electron chi connectivity index (χ4n) is 7.12. The van der Waals surface area contributed by atoms with Crippen molar-refractivity contribution < 1.29 is 53.8 Å². The summed E-state index contributed by atoms with van der Waals surface area (Å²) < 4.78 is 0. The standard InChI is InChI=1S/C22H21ClN4O6.C11H13ClN2O2.C10H10N2O3/c23-18-15(20(29)30)7-4-8-17(18)25-9-11-26(12-10-25)22(32)33-27-19(28)16(24-21(27)31)13-14-5-2-1-3-6-14;12-10-8(11(15)16)2-1-3-9(10)14-6-4-13-5-7-14;13-9-8(11-10(14)12(9)15)6-7-4-2-1-3-5-7/h1-8,16H,9-13H2,(H,24,31)(H,29,30);1-3,13H,4-7H2,(H,15,16);1-5,8,15H,6H2,(H,11,14)/t16-;;8-/m0.0/s1. The Balaban J connectivity index is 0.000000182. The molecule has 19 nitrogen and oxygen atoms in total. The summed E-state index contributed by atoms with van der Waals surface area (Å²) in [7, 11) is 0. The zero-order chi connectivity index (χ0) is 45.9. The number of urea groups is 2. The van der Waals surface area contributed by atoms with Gasteiger partial charge in [0.2, 0.25) is 0 Å². The number of hydrogen-bond acceptors (Lipinski definition) is 12.